The summed E-state index contributed by atoms with van der Waals surface area (Å²) in [5.41, 5.74) is 5.54. The molecule has 0 spiro atoms. The lowest BCUT2D eigenvalue weighted by Crippen LogP contribution is -2.36. The number of amides is 1. The molecule has 7 nitrogen and oxygen atoms in total. The van der Waals surface area contributed by atoms with Gasteiger partial charge in [-0.15, -0.1) is 11.3 Å². The van der Waals surface area contributed by atoms with Gasteiger partial charge in [-0.2, -0.15) is 5.10 Å². The molecule has 0 aliphatic heterocycles. The molecule has 0 unspecified atom stereocenters. The molecule has 0 fully saturated rings. The van der Waals surface area contributed by atoms with Gasteiger partial charge in [0.05, 0.1) is 16.6 Å². The van der Waals surface area contributed by atoms with Crippen LogP contribution in [0.5, 0.6) is 0 Å². The summed E-state index contributed by atoms with van der Waals surface area (Å²) in [7, 11) is 1.79. The molecule has 0 atom stereocenters. The van der Waals surface area contributed by atoms with Crippen LogP contribution in [0.25, 0.3) is 10.2 Å². The summed E-state index contributed by atoms with van der Waals surface area (Å²) in [6, 6.07) is 0. The van der Waals surface area contributed by atoms with E-state index in [2.05, 4.69) is 15.5 Å². The normalized spacial score (nSPS) is 13.8. The van der Waals surface area contributed by atoms with E-state index in [1.54, 1.807) is 36.9 Å². The van der Waals surface area contributed by atoms with E-state index >= 15 is 0 Å². The molecule has 0 bridgehead atoms. The Labute approximate surface area is 154 Å². The maximum Gasteiger partial charge on any atom is 0.281 e. The number of rotatable bonds is 2. The van der Waals surface area contributed by atoms with E-state index in [1.165, 1.54) is 9.55 Å². The monoisotopic (exact) mass is 371 g/mol. The molecule has 3 heterocycles. The Morgan fingerprint density at radius 3 is 2.62 bits per heavy atom. The first-order valence-corrected chi connectivity index (χ1v) is 9.55. The fourth-order valence-electron chi connectivity index (χ4n) is 3.70. The molecule has 1 aliphatic rings. The van der Waals surface area contributed by atoms with Gasteiger partial charge < -0.3 is 0 Å². The zero-order chi connectivity index (χ0) is 18.6. The molecule has 136 valence electrons. The van der Waals surface area contributed by atoms with Crippen LogP contribution in [0, 0.1) is 20.8 Å². The van der Waals surface area contributed by atoms with Crippen LogP contribution >= 0.6 is 11.3 Å². The Morgan fingerprint density at radius 1 is 1.19 bits per heavy atom. The molecule has 3 aromatic rings. The van der Waals surface area contributed by atoms with Crippen LogP contribution in [0.2, 0.25) is 0 Å². The molecule has 1 aliphatic carbocycles. The fourth-order valence-corrected chi connectivity index (χ4v) is 5.00. The van der Waals surface area contributed by atoms with Crippen LogP contribution < -0.4 is 11.0 Å². The Hall–Kier alpha value is -2.48. The van der Waals surface area contributed by atoms with Crippen molar-refractivity contribution >= 4 is 27.5 Å². The molecule has 0 saturated carbocycles. The number of carbonyl (C=O) groups excluding carboxylic acids is 1. The van der Waals surface area contributed by atoms with E-state index in [-0.39, 0.29) is 11.5 Å². The molecule has 0 radical (unpaired) electrons. The second-order valence-electron chi connectivity index (χ2n) is 6.80. The van der Waals surface area contributed by atoms with Crippen molar-refractivity contribution in [2.75, 3.05) is 5.43 Å². The van der Waals surface area contributed by atoms with Crippen LogP contribution in [-0.2, 0) is 19.9 Å². The summed E-state index contributed by atoms with van der Waals surface area (Å²) < 4.78 is 2.94. The first kappa shape index (κ1) is 17.0. The highest BCUT2D eigenvalue weighted by atomic mass is 32.1. The van der Waals surface area contributed by atoms with E-state index < -0.39 is 0 Å². The third-order valence-electron chi connectivity index (χ3n) is 5.11. The third-order valence-corrected chi connectivity index (χ3v) is 6.29. The Balaban J connectivity index is 1.82. The number of hydrogen-bond acceptors (Lipinski definition) is 5. The van der Waals surface area contributed by atoms with Crippen LogP contribution in [0.3, 0.4) is 0 Å². The van der Waals surface area contributed by atoms with Gasteiger partial charge in [0.1, 0.15) is 10.7 Å². The molecule has 3 aromatic heterocycles. The topological polar surface area (TPSA) is 81.8 Å². The second-order valence-corrected chi connectivity index (χ2v) is 7.88. The van der Waals surface area contributed by atoms with Gasteiger partial charge in [0.25, 0.3) is 11.5 Å². The number of thiophene rings is 1. The first-order chi connectivity index (χ1) is 12.4. The smallest absolute Gasteiger partial charge is 0.272 e. The number of aromatic nitrogens is 4. The van der Waals surface area contributed by atoms with Crippen LogP contribution in [0.1, 0.15) is 50.9 Å². The quantitative estimate of drug-likeness (QED) is 0.750. The van der Waals surface area contributed by atoms with E-state index in [0.29, 0.717) is 22.5 Å². The van der Waals surface area contributed by atoms with E-state index in [1.807, 2.05) is 6.92 Å². The Bertz CT molecular complexity index is 1110. The Kier molecular flexibility index (Phi) is 3.95. The van der Waals surface area contributed by atoms with Crippen LogP contribution in [-0.4, -0.2) is 25.3 Å². The van der Waals surface area contributed by atoms with Gasteiger partial charge in [-0.3, -0.25) is 19.7 Å². The molecule has 0 saturated heterocycles. The minimum atomic E-state index is -0.344. The summed E-state index contributed by atoms with van der Waals surface area (Å²) >= 11 is 1.61. The van der Waals surface area contributed by atoms with Crippen LogP contribution in [0.4, 0.5) is 0 Å². The van der Waals surface area contributed by atoms with Crippen molar-refractivity contribution in [2.24, 2.45) is 7.05 Å². The number of carbonyl (C=O) groups is 1. The summed E-state index contributed by atoms with van der Waals surface area (Å²) in [5.74, 6) is 0.136. The van der Waals surface area contributed by atoms with E-state index in [0.717, 1.165) is 41.8 Å². The Morgan fingerprint density at radius 2 is 1.92 bits per heavy atom. The SMILES string of the molecule is Cc1nn(C)c(C)c1C(=O)Nn1c(C)nc2sc3c(c2c1=O)CCCC3. The summed E-state index contributed by atoms with van der Waals surface area (Å²) in [6.07, 6.45) is 4.16. The summed E-state index contributed by atoms with van der Waals surface area (Å²) in [5, 5.41) is 4.93. The third kappa shape index (κ3) is 2.47. The predicted octanol–water partition coefficient (Wildman–Crippen LogP) is 2.38. The molecule has 26 heavy (non-hydrogen) atoms. The average molecular weight is 371 g/mol. The second kappa shape index (κ2) is 6.05. The minimum absolute atomic E-state index is 0.195. The predicted molar refractivity (Wildman–Crippen MR) is 102 cm³/mol. The largest absolute Gasteiger partial charge is 0.281 e. The van der Waals surface area contributed by atoms with Crippen LogP contribution in [0.15, 0.2) is 4.79 Å². The van der Waals surface area contributed by atoms with Crippen molar-refractivity contribution in [3.05, 3.63) is 43.6 Å². The highest BCUT2D eigenvalue weighted by Gasteiger charge is 2.23. The molecule has 8 heteroatoms. The van der Waals surface area contributed by atoms with Gasteiger partial charge in [-0.1, -0.05) is 0 Å². The number of fused-ring (bicyclic) bond motifs is 3. The average Bonchev–Trinajstić information content (AvgIpc) is 3.08. The lowest BCUT2D eigenvalue weighted by atomic mass is 9.97. The highest BCUT2D eigenvalue weighted by molar-refractivity contribution is 7.18. The van der Waals surface area contributed by atoms with Crippen molar-refractivity contribution in [1.82, 2.24) is 19.4 Å². The first-order valence-electron chi connectivity index (χ1n) is 8.74. The lowest BCUT2D eigenvalue weighted by molar-refractivity contribution is 0.100. The van der Waals surface area contributed by atoms with Gasteiger partial charge in [-0.25, -0.2) is 9.66 Å². The minimum Gasteiger partial charge on any atom is -0.272 e. The molecule has 4 rings (SSSR count). The number of hydrogen-bond donors (Lipinski definition) is 1. The highest BCUT2D eigenvalue weighted by Crippen LogP contribution is 2.33. The van der Waals surface area contributed by atoms with Crippen molar-refractivity contribution in [3.63, 3.8) is 0 Å². The van der Waals surface area contributed by atoms with Gasteiger partial charge >= 0.3 is 0 Å². The molecular weight excluding hydrogens is 350 g/mol. The van der Waals surface area contributed by atoms with Crippen molar-refractivity contribution in [3.8, 4) is 0 Å². The van der Waals surface area contributed by atoms with Gasteiger partial charge in [0.15, 0.2) is 0 Å². The number of nitrogens with one attached hydrogen (secondary N) is 1. The summed E-state index contributed by atoms with van der Waals surface area (Å²) in [4.78, 5) is 32.5. The van der Waals surface area contributed by atoms with Crippen molar-refractivity contribution in [2.45, 2.75) is 46.5 Å². The maximum atomic E-state index is 13.1. The molecule has 0 aromatic carbocycles. The fraction of sp³-hybridized carbons (Fsp3) is 0.444. The standard InChI is InChI=1S/C18H21N5O2S/c1-9-14(10(2)22(4)20-9)16(24)21-23-11(3)19-17-15(18(23)25)12-7-5-6-8-13(12)26-17/h5-8H2,1-4H3,(H,21,24). The van der Waals surface area contributed by atoms with E-state index in [4.69, 9.17) is 0 Å². The number of nitrogens with zero attached hydrogens (tertiary/aromatic N) is 4. The maximum absolute atomic E-state index is 13.1. The molecule has 1 N–H and O–H groups in total. The number of aryl methyl sites for hydroxylation is 5. The molecular formula is C18H21N5O2S. The van der Waals surface area contributed by atoms with Crippen molar-refractivity contribution < 1.29 is 4.79 Å². The summed E-state index contributed by atoms with van der Waals surface area (Å²) in [6.45, 7) is 5.36. The zero-order valence-electron chi connectivity index (χ0n) is 15.3. The van der Waals surface area contributed by atoms with E-state index in [9.17, 15) is 9.59 Å². The lowest BCUT2D eigenvalue weighted by Gasteiger charge is -2.13. The van der Waals surface area contributed by atoms with Gasteiger partial charge in [0.2, 0.25) is 0 Å². The van der Waals surface area contributed by atoms with Gasteiger partial charge in [-0.05, 0) is 52.0 Å². The molecule has 1 amide bonds. The zero-order valence-corrected chi connectivity index (χ0v) is 16.2. The van der Waals surface area contributed by atoms with Gasteiger partial charge in [0, 0.05) is 17.6 Å². The van der Waals surface area contributed by atoms with Crippen molar-refractivity contribution in [1.29, 1.82) is 0 Å².